The van der Waals surface area contributed by atoms with Crippen molar-refractivity contribution in [3.8, 4) is 0 Å². The van der Waals surface area contributed by atoms with Crippen LogP contribution in [0.4, 0.5) is 0 Å². The zero-order chi connectivity index (χ0) is 11.8. The summed E-state index contributed by atoms with van der Waals surface area (Å²) < 4.78 is 1.24. The summed E-state index contributed by atoms with van der Waals surface area (Å²) in [4.78, 5) is 12.2. The molecule has 2 aliphatic carbocycles. The quantitative estimate of drug-likeness (QED) is 0.764. The highest BCUT2D eigenvalue weighted by atomic mass is 127. The molecule has 90 valence electrons. The SMILES string of the molecule is O=C(Cc1ccc(I)cc1)C1C2CCCCC21. The molecule has 0 aliphatic heterocycles. The normalized spacial score (nSPS) is 30.8. The Hall–Kier alpha value is -0.380. The van der Waals surface area contributed by atoms with Crippen LogP contribution in [-0.4, -0.2) is 5.78 Å². The molecule has 2 aliphatic rings. The first kappa shape index (κ1) is 11.7. The van der Waals surface area contributed by atoms with Crippen molar-refractivity contribution in [3.63, 3.8) is 0 Å². The maximum atomic E-state index is 12.2. The van der Waals surface area contributed by atoms with E-state index in [1.165, 1.54) is 34.8 Å². The highest BCUT2D eigenvalue weighted by Gasteiger charge is 2.53. The molecule has 17 heavy (non-hydrogen) atoms. The molecule has 2 heteroatoms. The fraction of sp³-hybridized carbons (Fsp3) is 0.533. The zero-order valence-corrected chi connectivity index (χ0v) is 12.0. The summed E-state index contributed by atoms with van der Waals surface area (Å²) in [6, 6.07) is 8.35. The Balaban J connectivity index is 1.62. The minimum absolute atomic E-state index is 0.414. The molecule has 0 heterocycles. The average Bonchev–Trinajstić information content (AvgIpc) is 3.06. The van der Waals surface area contributed by atoms with Crippen LogP contribution in [0.1, 0.15) is 31.2 Å². The van der Waals surface area contributed by atoms with E-state index in [1.807, 2.05) is 0 Å². The second kappa shape index (κ2) is 4.71. The van der Waals surface area contributed by atoms with Gasteiger partial charge in [0, 0.05) is 15.9 Å². The lowest BCUT2D eigenvalue weighted by molar-refractivity contribution is -0.120. The zero-order valence-electron chi connectivity index (χ0n) is 9.86. The van der Waals surface area contributed by atoms with Crippen molar-refractivity contribution < 1.29 is 4.79 Å². The Morgan fingerprint density at radius 1 is 1.12 bits per heavy atom. The van der Waals surface area contributed by atoms with Gasteiger partial charge in [-0.2, -0.15) is 0 Å². The van der Waals surface area contributed by atoms with Crippen LogP contribution in [-0.2, 0) is 11.2 Å². The number of hydrogen-bond donors (Lipinski definition) is 0. The molecule has 1 aromatic rings. The van der Waals surface area contributed by atoms with Gasteiger partial charge < -0.3 is 0 Å². The average molecular weight is 340 g/mol. The van der Waals surface area contributed by atoms with Crippen molar-refractivity contribution in [1.29, 1.82) is 0 Å². The fourth-order valence-electron chi connectivity index (χ4n) is 3.39. The predicted octanol–water partition coefficient (Wildman–Crippen LogP) is 3.84. The van der Waals surface area contributed by atoms with Crippen molar-refractivity contribution in [1.82, 2.24) is 0 Å². The Kier molecular flexibility index (Phi) is 3.24. The Labute approximate surface area is 116 Å². The lowest BCUT2D eigenvalue weighted by Gasteiger charge is -2.04. The number of carbonyl (C=O) groups excluding carboxylic acids is 1. The van der Waals surface area contributed by atoms with Crippen LogP contribution in [0.3, 0.4) is 0 Å². The maximum Gasteiger partial charge on any atom is 0.140 e. The number of Topliss-reactive ketones (excluding diaryl/α,β-unsaturated/α-hetero) is 1. The summed E-state index contributed by atoms with van der Waals surface area (Å²) in [5.41, 5.74) is 1.18. The van der Waals surface area contributed by atoms with Crippen LogP contribution >= 0.6 is 22.6 Å². The van der Waals surface area contributed by atoms with E-state index in [9.17, 15) is 4.79 Å². The van der Waals surface area contributed by atoms with Crippen molar-refractivity contribution in [3.05, 3.63) is 33.4 Å². The second-order valence-corrected chi connectivity index (χ2v) is 6.65. The fourth-order valence-corrected chi connectivity index (χ4v) is 3.75. The van der Waals surface area contributed by atoms with Crippen LogP contribution < -0.4 is 0 Å². The second-order valence-electron chi connectivity index (χ2n) is 5.41. The highest BCUT2D eigenvalue weighted by Crippen LogP contribution is 2.55. The summed E-state index contributed by atoms with van der Waals surface area (Å²) >= 11 is 2.30. The molecule has 2 saturated carbocycles. The summed E-state index contributed by atoms with van der Waals surface area (Å²) in [5, 5.41) is 0. The molecule has 0 saturated heterocycles. The van der Waals surface area contributed by atoms with Gasteiger partial charge in [-0.05, 0) is 65.0 Å². The van der Waals surface area contributed by atoms with Gasteiger partial charge in [-0.25, -0.2) is 0 Å². The highest BCUT2D eigenvalue weighted by molar-refractivity contribution is 14.1. The molecule has 0 N–H and O–H groups in total. The molecule has 2 unspecified atom stereocenters. The van der Waals surface area contributed by atoms with Gasteiger partial charge in [0.25, 0.3) is 0 Å². The standard InChI is InChI=1S/C15H17IO/c16-11-7-5-10(6-8-11)9-14(17)15-12-3-1-2-4-13(12)15/h5-8,12-13,15H,1-4,9H2. The molecule has 3 rings (SSSR count). The predicted molar refractivity (Wildman–Crippen MR) is 76.8 cm³/mol. The first-order valence-corrected chi connectivity index (χ1v) is 7.61. The molecular formula is C15H17IO. The van der Waals surface area contributed by atoms with Crippen LogP contribution in [0.25, 0.3) is 0 Å². The number of rotatable bonds is 3. The van der Waals surface area contributed by atoms with Gasteiger partial charge >= 0.3 is 0 Å². The smallest absolute Gasteiger partial charge is 0.140 e. The topological polar surface area (TPSA) is 17.1 Å². The third kappa shape index (κ3) is 2.42. The van der Waals surface area contributed by atoms with Crippen molar-refractivity contribution in [2.75, 3.05) is 0 Å². The van der Waals surface area contributed by atoms with E-state index >= 15 is 0 Å². The molecule has 2 atom stereocenters. The lowest BCUT2D eigenvalue weighted by Crippen LogP contribution is -2.07. The molecule has 0 spiro atoms. The molecule has 0 aromatic heterocycles. The maximum absolute atomic E-state index is 12.2. The van der Waals surface area contributed by atoms with Gasteiger partial charge in [-0.15, -0.1) is 0 Å². The molecule has 1 nitrogen and oxygen atoms in total. The number of hydrogen-bond acceptors (Lipinski definition) is 1. The van der Waals surface area contributed by atoms with Gasteiger partial charge in [-0.1, -0.05) is 25.0 Å². The molecule has 0 amide bonds. The molecule has 2 fully saturated rings. The van der Waals surface area contributed by atoms with Crippen molar-refractivity contribution in [2.24, 2.45) is 17.8 Å². The number of benzene rings is 1. The van der Waals surface area contributed by atoms with E-state index < -0.39 is 0 Å². The van der Waals surface area contributed by atoms with Crippen LogP contribution in [0.5, 0.6) is 0 Å². The number of ketones is 1. The summed E-state index contributed by atoms with van der Waals surface area (Å²) in [5.74, 6) is 2.40. The van der Waals surface area contributed by atoms with Crippen molar-refractivity contribution in [2.45, 2.75) is 32.1 Å². The van der Waals surface area contributed by atoms with Gasteiger partial charge in [0.2, 0.25) is 0 Å². The Morgan fingerprint density at radius 3 is 2.29 bits per heavy atom. The summed E-state index contributed by atoms with van der Waals surface area (Å²) in [6.45, 7) is 0. The van der Waals surface area contributed by atoms with E-state index in [-0.39, 0.29) is 0 Å². The Morgan fingerprint density at radius 2 is 1.71 bits per heavy atom. The van der Waals surface area contributed by atoms with Gasteiger partial charge in [-0.3, -0.25) is 4.79 Å². The Bertz CT molecular complexity index is 411. The van der Waals surface area contributed by atoms with E-state index in [1.54, 1.807) is 0 Å². The van der Waals surface area contributed by atoms with E-state index in [0.717, 1.165) is 11.8 Å². The molecule has 1 aromatic carbocycles. The minimum atomic E-state index is 0.414. The third-order valence-electron chi connectivity index (χ3n) is 4.32. The summed E-state index contributed by atoms with van der Waals surface area (Å²) in [6.07, 6.45) is 5.93. The van der Waals surface area contributed by atoms with Crippen molar-refractivity contribution >= 4 is 28.4 Å². The van der Waals surface area contributed by atoms with E-state index in [4.69, 9.17) is 0 Å². The first-order chi connectivity index (χ1) is 8.25. The van der Waals surface area contributed by atoms with Crippen LogP contribution in [0, 0.1) is 21.3 Å². The van der Waals surface area contributed by atoms with Gasteiger partial charge in [0.05, 0.1) is 0 Å². The number of halogens is 1. The van der Waals surface area contributed by atoms with Gasteiger partial charge in [0.15, 0.2) is 0 Å². The first-order valence-electron chi connectivity index (χ1n) is 6.53. The third-order valence-corrected chi connectivity index (χ3v) is 5.04. The number of carbonyl (C=O) groups is 1. The molecular weight excluding hydrogens is 323 g/mol. The van der Waals surface area contributed by atoms with Crippen LogP contribution in [0.15, 0.2) is 24.3 Å². The monoisotopic (exact) mass is 340 g/mol. The molecule has 0 bridgehead atoms. The van der Waals surface area contributed by atoms with E-state index in [2.05, 4.69) is 46.9 Å². The molecule has 0 radical (unpaired) electrons. The summed E-state index contributed by atoms with van der Waals surface area (Å²) in [7, 11) is 0. The van der Waals surface area contributed by atoms with Gasteiger partial charge in [0.1, 0.15) is 5.78 Å². The lowest BCUT2D eigenvalue weighted by atomic mass is 10.0. The largest absolute Gasteiger partial charge is 0.299 e. The van der Waals surface area contributed by atoms with Crippen LogP contribution in [0.2, 0.25) is 0 Å². The minimum Gasteiger partial charge on any atom is -0.299 e. The van der Waals surface area contributed by atoms with E-state index in [0.29, 0.717) is 18.1 Å². The number of fused-ring (bicyclic) bond motifs is 1.